The Morgan fingerprint density at radius 2 is 1.63 bits per heavy atom. The number of methoxy groups -OCH3 is 1. The highest BCUT2D eigenvalue weighted by atomic mass is 16.5. The maximum absolute atomic E-state index is 13.3. The van der Waals surface area contributed by atoms with Gasteiger partial charge >= 0.3 is 0 Å². The number of carbonyl (C=O) groups is 1. The molecule has 2 heterocycles. The number of ether oxygens (including phenoxy) is 2. The Morgan fingerprint density at radius 3 is 2.37 bits per heavy atom. The van der Waals surface area contributed by atoms with Crippen molar-refractivity contribution in [1.82, 2.24) is 9.47 Å². The van der Waals surface area contributed by atoms with Crippen molar-refractivity contribution < 1.29 is 14.3 Å². The zero-order valence-corrected chi connectivity index (χ0v) is 20.2. The van der Waals surface area contributed by atoms with E-state index in [9.17, 15) is 4.79 Å². The summed E-state index contributed by atoms with van der Waals surface area (Å²) in [5, 5.41) is 1.22. The maximum atomic E-state index is 13.3. The zero-order valence-electron chi connectivity index (χ0n) is 20.2. The Balaban J connectivity index is 1.49. The van der Waals surface area contributed by atoms with Crippen molar-refractivity contribution in [3.8, 4) is 5.75 Å². The Hall–Kier alpha value is -3.57. The molecule has 1 atom stereocenters. The Labute approximate surface area is 206 Å². The SMILES string of the molecule is COc1ccc(Cn2cc([C@H](CC(=O)N3CCOCC3)Cc3ccccc3)c3ccccc32)cc1. The van der Waals surface area contributed by atoms with E-state index in [1.165, 1.54) is 27.6 Å². The Morgan fingerprint density at radius 1 is 0.914 bits per heavy atom. The number of aromatic nitrogens is 1. The number of morpholine rings is 1. The Kier molecular flexibility index (Phi) is 7.15. The van der Waals surface area contributed by atoms with Gasteiger partial charge in [-0.3, -0.25) is 4.79 Å². The molecular formula is C30H32N2O3. The summed E-state index contributed by atoms with van der Waals surface area (Å²) < 4.78 is 13.1. The van der Waals surface area contributed by atoms with Crippen molar-refractivity contribution in [1.29, 1.82) is 0 Å². The highest BCUT2D eigenvalue weighted by Gasteiger charge is 2.25. The fraction of sp³-hybridized carbons (Fsp3) is 0.300. The molecule has 0 aliphatic carbocycles. The maximum Gasteiger partial charge on any atom is 0.223 e. The van der Waals surface area contributed by atoms with Crippen molar-refractivity contribution in [2.24, 2.45) is 0 Å². The predicted octanol–water partition coefficient (Wildman–Crippen LogP) is 5.27. The molecule has 1 fully saturated rings. The van der Waals surface area contributed by atoms with Crippen LogP contribution in [0.5, 0.6) is 5.75 Å². The van der Waals surface area contributed by atoms with Gasteiger partial charge in [0.2, 0.25) is 5.91 Å². The molecular weight excluding hydrogens is 436 g/mol. The van der Waals surface area contributed by atoms with Crippen molar-refractivity contribution in [2.45, 2.75) is 25.3 Å². The third-order valence-corrected chi connectivity index (χ3v) is 6.88. The van der Waals surface area contributed by atoms with Gasteiger partial charge in [-0.1, -0.05) is 60.7 Å². The fourth-order valence-electron chi connectivity index (χ4n) is 5.00. The lowest BCUT2D eigenvalue weighted by Gasteiger charge is -2.28. The van der Waals surface area contributed by atoms with E-state index < -0.39 is 0 Å². The third-order valence-electron chi connectivity index (χ3n) is 6.88. The lowest BCUT2D eigenvalue weighted by molar-refractivity contribution is -0.135. The highest BCUT2D eigenvalue weighted by Crippen LogP contribution is 2.33. The van der Waals surface area contributed by atoms with Gasteiger partial charge in [0.05, 0.1) is 20.3 Å². The van der Waals surface area contributed by atoms with E-state index in [1.54, 1.807) is 7.11 Å². The van der Waals surface area contributed by atoms with E-state index in [2.05, 4.69) is 71.4 Å². The number of hydrogen-bond donors (Lipinski definition) is 0. The first-order chi connectivity index (χ1) is 17.2. The second kappa shape index (κ2) is 10.8. The molecule has 1 aliphatic rings. The summed E-state index contributed by atoms with van der Waals surface area (Å²) in [6, 6.07) is 27.2. The molecule has 5 nitrogen and oxygen atoms in total. The summed E-state index contributed by atoms with van der Waals surface area (Å²) in [7, 11) is 1.69. The van der Waals surface area contributed by atoms with E-state index in [1.807, 2.05) is 23.1 Å². The van der Waals surface area contributed by atoms with E-state index >= 15 is 0 Å². The van der Waals surface area contributed by atoms with Crippen LogP contribution in [0.15, 0.2) is 85.1 Å². The van der Waals surface area contributed by atoms with Gasteiger partial charge < -0.3 is 18.9 Å². The van der Waals surface area contributed by atoms with Gasteiger partial charge in [0.25, 0.3) is 0 Å². The molecule has 0 saturated carbocycles. The minimum absolute atomic E-state index is 0.0924. The monoisotopic (exact) mass is 468 g/mol. The lowest BCUT2D eigenvalue weighted by Crippen LogP contribution is -2.41. The van der Waals surface area contributed by atoms with Crippen LogP contribution in [-0.4, -0.2) is 48.8 Å². The minimum atomic E-state index is 0.0924. The van der Waals surface area contributed by atoms with Crippen LogP contribution in [0.4, 0.5) is 0 Å². The largest absolute Gasteiger partial charge is 0.497 e. The topological polar surface area (TPSA) is 43.7 Å². The molecule has 5 rings (SSSR count). The molecule has 0 N–H and O–H groups in total. The van der Waals surface area contributed by atoms with Crippen LogP contribution in [0.25, 0.3) is 10.9 Å². The summed E-state index contributed by atoms with van der Waals surface area (Å²) in [6.07, 6.45) is 3.58. The van der Waals surface area contributed by atoms with Gasteiger partial charge in [0, 0.05) is 43.2 Å². The second-order valence-corrected chi connectivity index (χ2v) is 9.16. The highest BCUT2D eigenvalue weighted by molar-refractivity contribution is 5.86. The van der Waals surface area contributed by atoms with Crippen LogP contribution in [-0.2, 0) is 22.5 Å². The van der Waals surface area contributed by atoms with Crippen molar-refractivity contribution in [2.75, 3.05) is 33.4 Å². The molecule has 0 bridgehead atoms. The number of hydrogen-bond acceptors (Lipinski definition) is 3. The van der Waals surface area contributed by atoms with Crippen LogP contribution in [0.1, 0.15) is 29.0 Å². The van der Waals surface area contributed by atoms with E-state index in [4.69, 9.17) is 9.47 Å². The summed E-state index contributed by atoms with van der Waals surface area (Å²) in [5.74, 6) is 1.16. The first-order valence-electron chi connectivity index (χ1n) is 12.3. The van der Waals surface area contributed by atoms with Crippen LogP contribution >= 0.6 is 0 Å². The Bertz CT molecular complexity index is 1260. The van der Waals surface area contributed by atoms with Gasteiger partial charge in [0.15, 0.2) is 0 Å². The average Bonchev–Trinajstić information content (AvgIpc) is 3.28. The molecule has 5 heteroatoms. The molecule has 4 aromatic rings. The summed E-state index contributed by atoms with van der Waals surface area (Å²) >= 11 is 0. The van der Waals surface area contributed by atoms with Crippen LogP contribution < -0.4 is 4.74 Å². The lowest BCUT2D eigenvalue weighted by atomic mass is 9.88. The van der Waals surface area contributed by atoms with Gasteiger partial charge in [-0.25, -0.2) is 0 Å². The number of amides is 1. The van der Waals surface area contributed by atoms with Crippen molar-refractivity contribution in [3.05, 3.63) is 102 Å². The molecule has 3 aromatic carbocycles. The zero-order chi connectivity index (χ0) is 24.0. The molecule has 1 aromatic heterocycles. The smallest absolute Gasteiger partial charge is 0.223 e. The molecule has 0 unspecified atom stereocenters. The first-order valence-corrected chi connectivity index (χ1v) is 12.3. The van der Waals surface area contributed by atoms with Crippen LogP contribution in [0.3, 0.4) is 0 Å². The number of benzene rings is 3. The molecule has 1 aliphatic heterocycles. The first kappa shape index (κ1) is 23.2. The standard InChI is InChI=1S/C30H32N2O3/c1-34-26-13-11-24(12-14-26)21-32-22-28(27-9-5-6-10-29(27)32)25(19-23-7-3-2-4-8-23)20-30(33)31-15-17-35-18-16-31/h2-14,22,25H,15-21H2,1H3/t25-/m0/s1. The molecule has 35 heavy (non-hydrogen) atoms. The number of carbonyl (C=O) groups excluding carboxylic acids is 1. The molecule has 1 saturated heterocycles. The molecule has 0 spiro atoms. The van der Waals surface area contributed by atoms with E-state index in [-0.39, 0.29) is 11.8 Å². The minimum Gasteiger partial charge on any atom is -0.497 e. The van der Waals surface area contributed by atoms with E-state index in [0.717, 1.165) is 18.7 Å². The fourth-order valence-corrected chi connectivity index (χ4v) is 5.00. The molecule has 180 valence electrons. The van der Waals surface area contributed by atoms with Gasteiger partial charge in [-0.2, -0.15) is 0 Å². The van der Waals surface area contributed by atoms with Gasteiger partial charge in [-0.05, 0) is 47.2 Å². The normalized spacial score (nSPS) is 14.7. The van der Waals surface area contributed by atoms with E-state index in [0.29, 0.717) is 32.7 Å². The summed E-state index contributed by atoms with van der Waals surface area (Å²) in [6.45, 7) is 3.36. The van der Waals surface area contributed by atoms with Crippen LogP contribution in [0.2, 0.25) is 0 Å². The number of para-hydroxylation sites is 1. The molecule has 0 radical (unpaired) electrons. The average molecular weight is 469 g/mol. The number of fused-ring (bicyclic) bond motifs is 1. The van der Waals surface area contributed by atoms with Crippen LogP contribution in [0, 0.1) is 0 Å². The van der Waals surface area contributed by atoms with Crippen molar-refractivity contribution in [3.63, 3.8) is 0 Å². The second-order valence-electron chi connectivity index (χ2n) is 9.16. The quantitative estimate of drug-likeness (QED) is 0.354. The third kappa shape index (κ3) is 5.41. The molecule has 1 amide bonds. The van der Waals surface area contributed by atoms with Crippen molar-refractivity contribution >= 4 is 16.8 Å². The summed E-state index contributed by atoms with van der Waals surface area (Å²) in [4.78, 5) is 15.3. The predicted molar refractivity (Wildman–Crippen MR) is 139 cm³/mol. The summed E-state index contributed by atoms with van der Waals surface area (Å²) in [5.41, 5.74) is 4.89. The number of nitrogens with zero attached hydrogens (tertiary/aromatic N) is 2. The van der Waals surface area contributed by atoms with Gasteiger partial charge in [-0.15, -0.1) is 0 Å². The number of rotatable bonds is 8. The van der Waals surface area contributed by atoms with Gasteiger partial charge in [0.1, 0.15) is 5.75 Å².